The lowest BCUT2D eigenvalue weighted by atomic mass is 9.95. The molecule has 0 bridgehead atoms. The van der Waals surface area contributed by atoms with Crippen LogP contribution in [0.5, 0.6) is 0 Å². The van der Waals surface area contributed by atoms with Crippen molar-refractivity contribution in [1.29, 1.82) is 0 Å². The van der Waals surface area contributed by atoms with Gasteiger partial charge in [-0.25, -0.2) is 8.42 Å². The molecule has 5 nitrogen and oxygen atoms in total. The monoisotopic (exact) mass is 502 g/mol. The van der Waals surface area contributed by atoms with E-state index in [9.17, 15) is 13.2 Å². The largest absolute Gasteiger partial charge is 0.461 e. The second kappa shape index (κ2) is 13.6. The quantitative estimate of drug-likeness (QED) is 0.188. The fourth-order valence-electron chi connectivity index (χ4n) is 3.57. The van der Waals surface area contributed by atoms with Crippen molar-refractivity contribution in [2.24, 2.45) is 11.3 Å². The van der Waals surface area contributed by atoms with E-state index in [2.05, 4.69) is 0 Å². The van der Waals surface area contributed by atoms with Gasteiger partial charge in [-0.15, -0.1) is 0 Å². The van der Waals surface area contributed by atoms with E-state index in [1.165, 1.54) is 0 Å². The van der Waals surface area contributed by atoms with Crippen LogP contribution in [0.3, 0.4) is 0 Å². The minimum Gasteiger partial charge on any atom is -0.461 e. The molecule has 1 aromatic carbocycles. The molecule has 0 aliphatic heterocycles. The molecule has 0 amide bonds. The first kappa shape index (κ1) is 30.6. The zero-order chi connectivity index (χ0) is 26.8. The third-order valence-corrected chi connectivity index (χ3v) is 7.71. The molecule has 0 aromatic heterocycles. The Morgan fingerprint density at radius 1 is 1.06 bits per heavy atom. The molecule has 0 N–H and O–H groups in total. The van der Waals surface area contributed by atoms with Gasteiger partial charge in [-0.2, -0.15) is 0 Å². The van der Waals surface area contributed by atoms with Crippen LogP contribution in [0.15, 0.2) is 81.2 Å². The van der Waals surface area contributed by atoms with Gasteiger partial charge in [-0.05, 0) is 84.2 Å². The molecule has 6 heteroatoms. The first-order chi connectivity index (χ1) is 16.2. The van der Waals surface area contributed by atoms with Gasteiger partial charge >= 0.3 is 5.97 Å². The van der Waals surface area contributed by atoms with Crippen LogP contribution in [-0.4, -0.2) is 34.2 Å². The van der Waals surface area contributed by atoms with Crippen molar-refractivity contribution in [3.05, 3.63) is 76.3 Å². The number of sulfone groups is 1. The molecule has 194 valence electrons. The Balaban J connectivity index is 3.32. The van der Waals surface area contributed by atoms with Crippen molar-refractivity contribution in [3.63, 3.8) is 0 Å². The van der Waals surface area contributed by atoms with E-state index in [0.717, 1.165) is 11.1 Å². The average molecular weight is 503 g/mol. The lowest BCUT2D eigenvalue weighted by molar-refractivity contribution is -0.151. The van der Waals surface area contributed by atoms with Crippen LogP contribution in [0.1, 0.15) is 61.8 Å². The number of methoxy groups -OCH3 is 1. The van der Waals surface area contributed by atoms with Gasteiger partial charge in [-0.1, -0.05) is 48.9 Å². The molecule has 0 radical (unpaired) electrons. The average Bonchev–Trinajstić information content (AvgIpc) is 2.79. The van der Waals surface area contributed by atoms with Crippen LogP contribution in [0.25, 0.3) is 0 Å². The van der Waals surface area contributed by atoms with Crippen molar-refractivity contribution in [1.82, 2.24) is 0 Å². The van der Waals surface area contributed by atoms with Crippen LogP contribution in [0.2, 0.25) is 0 Å². The maximum Gasteiger partial charge on any atom is 0.311 e. The van der Waals surface area contributed by atoms with E-state index in [1.54, 1.807) is 64.3 Å². The van der Waals surface area contributed by atoms with Gasteiger partial charge in [0.15, 0.2) is 0 Å². The maximum atomic E-state index is 13.6. The maximum absolute atomic E-state index is 13.6. The molecule has 0 heterocycles. The molecule has 35 heavy (non-hydrogen) atoms. The number of hydrogen-bond donors (Lipinski definition) is 0. The summed E-state index contributed by atoms with van der Waals surface area (Å²) in [6.07, 6.45) is 7.78. The third kappa shape index (κ3) is 9.26. The summed E-state index contributed by atoms with van der Waals surface area (Å²) in [5.74, 6) is -0.305. The van der Waals surface area contributed by atoms with Gasteiger partial charge in [0.1, 0.15) is 6.61 Å². The molecular formula is C29H42O5S. The minimum absolute atomic E-state index is 0.0287. The molecule has 1 rings (SSSR count). The molecule has 0 aliphatic carbocycles. The second-order valence-corrected chi connectivity index (χ2v) is 11.8. The lowest BCUT2D eigenvalue weighted by Crippen LogP contribution is -2.22. The van der Waals surface area contributed by atoms with Crippen molar-refractivity contribution in [2.45, 2.75) is 72.8 Å². The van der Waals surface area contributed by atoms with Crippen molar-refractivity contribution >= 4 is 15.8 Å². The fraction of sp³-hybridized carbons (Fsp3) is 0.483. The van der Waals surface area contributed by atoms with Crippen LogP contribution >= 0.6 is 0 Å². The van der Waals surface area contributed by atoms with Gasteiger partial charge < -0.3 is 9.47 Å². The topological polar surface area (TPSA) is 69.7 Å². The number of benzene rings is 1. The zero-order valence-electron chi connectivity index (χ0n) is 22.7. The molecule has 2 atom stereocenters. The zero-order valence-corrected chi connectivity index (χ0v) is 23.5. The highest BCUT2D eigenvalue weighted by atomic mass is 32.2. The highest BCUT2D eigenvalue weighted by molar-refractivity contribution is 7.95. The van der Waals surface area contributed by atoms with E-state index in [4.69, 9.17) is 9.47 Å². The van der Waals surface area contributed by atoms with Crippen LogP contribution in [0, 0.1) is 11.3 Å². The molecular weight excluding hydrogens is 460 g/mol. The molecule has 0 spiro atoms. The van der Waals surface area contributed by atoms with E-state index in [-0.39, 0.29) is 34.4 Å². The fourth-order valence-corrected chi connectivity index (χ4v) is 5.13. The van der Waals surface area contributed by atoms with Crippen molar-refractivity contribution in [2.75, 3.05) is 13.7 Å². The summed E-state index contributed by atoms with van der Waals surface area (Å²) in [6, 6.07) is 8.45. The molecule has 1 aromatic rings. The number of esters is 1. The Kier molecular flexibility index (Phi) is 11.9. The SMILES string of the molecule is C/C=C(\C)[C@H](OC)[C@H](C)/C=C(C)/C(=C/C/C(C)=C/COC(=O)C(C)(C)C)S(=O)(=O)c1ccccc1. The molecule has 0 aliphatic rings. The summed E-state index contributed by atoms with van der Waals surface area (Å²) in [5, 5.41) is 0. The van der Waals surface area contributed by atoms with Crippen LogP contribution in [-0.2, 0) is 24.1 Å². The van der Waals surface area contributed by atoms with E-state index in [0.29, 0.717) is 12.0 Å². The van der Waals surface area contributed by atoms with Gasteiger partial charge in [-0.3, -0.25) is 4.79 Å². The first-order valence-corrected chi connectivity index (χ1v) is 13.4. The first-order valence-electron chi connectivity index (χ1n) is 11.9. The summed E-state index contributed by atoms with van der Waals surface area (Å²) < 4.78 is 38.1. The van der Waals surface area contributed by atoms with Gasteiger partial charge in [0, 0.05) is 13.0 Å². The van der Waals surface area contributed by atoms with Crippen molar-refractivity contribution in [3.8, 4) is 0 Å². The van der Waals surface area contributed by atoms with Crippen molar-refractivity contribution < 1.29 is 22.7 Å². The number of rotatable bonds is 11. The number of carbonyl (C=O) groups excluding carboxylic acids is 1. The molecule has 0 fully saturated rings. The van der Waals surface area contributed by atoms with E-state index < -0.39 is 15.3 Å². The predicted octanol–water partition coefficient (Wildman–Crippen LogP) is 6.83. The van der Waals surface area contributed by atoms with E-state index in [1.807, 2.05) is 52.8 Å². The summed E-state index contributed by atoms with van der Waals surface area (Å²) in [4.78, 5) is 12.5. The Morgan fingerprint density at radius 3 is 2.17 bits per heavy atom. The minimum atomic E-state index is -3.73. The molecule has 0 saturated heterocycles. The normalized spacial score (nSPS) is 16.1. The Hall–Kier alpha value is -2.44. The van der Waals surface area contributed by atoms with Crippen LogP contribution < -0.4 is 0 Å². The predicted molar refractivity (Wildman–Crippen MR) is 144 cm³/mol. The van der Waals surface area contributed by atoms with Gasteiger partial charge in [0.25, 0.3) is 0 Å². The molecule has 0 unspecified atom stereocenters. The number of allylic oxidation sites excluding steroid dienone is 4. The lowest BCUT2D eigenvalue weighted by Gasteiger charge is -2.22. The highest BCUT2D eigenvalue weighted by Gasteiger charge is 2.24. The Bertz CT molecular complexity index is 1070. The van der Waals surface area contributed by atoms with Gasteiger partial charge in [0.2, 0.25) is 9.84 Å². The van der Waals surface area contributed by atoms with Crippen LogP contribution in [0.4, 0.5) is 0 Å². The Morgan fingerprint density at radius 2 is 1.66 bits per heavy atom. The standard InChI is InChI=1S/C29H42O5S/c1-10-22(3)27(33-9)24(5)20-23(4)26(35(31,32)25-14-12-11-13-15-25)17-16-21(2)18-19-34-28(30)29(6,7)8/h10-15,17-18,20,24,27H,16,19H2,1-9H3/b21-18+,22-10+,23-20+,26-17-/t24-,27+/m1/s1. The molecule has 0 saturated carbocycles. The summed E-state index contributed by atoms with van der Waals surface area (Å²) in [6.45, 7) is 15.3. The number of carbonyl (C=O) groups is 1. The summed E-state index contributed by atoms with van der Waals surface area (Å²) in [5.41, 5.74) is 2.10. The third-order valence-electron chi connectivity index (χ3n) is 5.75. The summed E-state index contributed by atoms with van der Waals surface area (Å²) in [7, 11) is -2.07. The Labute approximate surface area is 212 Å². The second-order valence-electron chi connectivity index (χ2n) is 9.89. The summed E-state index contributed by atoms with van der Waals surface area (Å²) >= 11 is 0. The van der Waals surface area contributed by atoms with Gasteiger partial charge in [0.05, 0.1) is 21.3 Å². The number of ether oxygens (including phenoxy) is 2. The van der Waals surface area contributed by atoms with E-state index >= 15 is 0 Å². The smallest absolute Gasteiger partial charge is 0.311 e. The number of hydrogen-bond acceptors (Lipinski definition) is 5. The highest BCUT2D eigenvalue weighted by Crippen LogP contribution is 2.29.